The number of hydrogen-bond donors (Lipinski definition) is 2. The smallest absolute Gasteiger partial charge is 0.191 e. The van der Waals surface area contributed by atoms with Crippen LogP contribution >= 0.6 is 38.6 Å². The minimum absolute atomic E-state index is 0.479. The number of aliphatic imine (C=N–C) groups is 1. The summed E-state index contributed by atoms with van der Waals surface area (Å²) in [4.78, 5) is 10.2. The van der Waals surface area contributed by atoms with Gasteiger partial charge in [0, 0.05) is 23.8 Å². The van der Waals surface area contributed by atoms with Gasteiger partial charge in [-0.15, -0.1) is 22.7 Å². The van der Waals surface area contributed by atoms with Crippen LogP contribution in [-0.2, 0) is 13.0 Å². The number of nitrogens with zero attached hydrogens (tertiary/aromatic N) is 2. The number of thiazole rings is 1. The standard InChI is InChI=1S/C15H21BrN4S2/c1-10(2)12-9-21-14(20-12)8-19-15(17-3)18-7-6-11-4-5-13(16)22-11/h4-5,9-10H,6-8H2,1-3H3,(H2,17,18,19). The highest BCUT2D eigenvalue weighted by atomic mass is 79.9. The number of guanidine groups is 1. The molecule has 0 radical (unpaired) electrons. The molecule has 0 aliphatic carbocycles. The van der Waals surface area contributed by atoms with Gasteiger partial charge >= 0.3 is 0 Å². The van der Waals surface area contributed by atoms with E-state index in [-0.39, 0.29) is 0 Å². The summed E-state index contributed by atoms with van der Waals surface area (Å²) in [7, 11) is 1.79. The zero-order valence-corrected chi connectivity index (χ0v) is 16.2. The van der Waals surface area contributed by atoms with Crippen LogP contribution in [-0.4, -0.2) is 24.5 Å². The fourth-order valence-electron chi connectivity index (χ4n) is 1.84. The van der Waals surface area contributed by atoms with Gasteiger partial charge in [-0.1, -0.05) is 13.8 Å². The topological polar surface area (TPSA) is 49.3 Å². The summed E-state index contributed by atoms with van der Waals surface area (Å²) >= 11 is 6.95. The monoisotopic (exact) mass is 400 g/mol. The molecule has 2 rings (SSSR count). The number of nitrogens with one attached hydrogen (secondary N) is 2. The second-order valence-electron chi connectivity index (χ2n) is 5.13. The molecular weight excluding hydrogens is 380 g/mol. The highest BCUT2D eigenvalue weighted by Crippen LogP contribution is 2.22. The number of aromatic nitrogens is 1. The van der Waals surface area contributed by atoms with E-state index in [9.17, 15) is 0 Å². The minimum atomic E-state index is 0.479. The van der Waals surface area contributed by atoms with Crippen LogP contribution in [0.25, 0.3) is 0 Å². The van der Waals surface area contributed by atoms with E-state index in [4.69, 9.17) is 0 Å². The molecule has 2 N–H and O–H groups in total. The van der Waals surface area contributed by atoms with Crippen molar-refractivity contribution in [3.8, 4) is 0 Å². The first-order valence-electron chi connectivity index (χ1n) is 7.21. The Morgan fingerprint density at radius 2 is 2.18 bits per heavy atom. The summed E-state index contributed by atoms with van der Waals surface area (Å²) in [6.07, 6.45) is 0.992. The predicted octanol–water partition coefficient (Wildman–Crippen LogP) is 4.00. The molecule has 22 heavy (non-hydrogen) atoms. The summed E-state index contributed by atoms with van der Waals surface area (Å²) in [5, 5.41) is 9.87. The Kier molecular flexibility index (Phi) is 6.85. The second-order valence-corrected chi connectivity index (χ2v) is 8.62. The number of hydrogen-bond acceptors (Lipinski definition) is 4. The van der Waals surface area contributed by atoms with Crippen LogP contribution in [0.4, 0.5) is 0 Å². The number of rotatable bonds is 6. The van der Waals surface area contributed by atoms with Crippen molar-refractivity contribution in [3.63, 3.8) is 0 Å². The van der Waals surface area contributed by atoms with Crippen LogP contribution in [0.2, 0.25) is 0 Å². The maximum atomic E-state index is 4.62. The molecule has 0 aliphatic heterocycles. The van der Waals surface area contributed by atoms with Crippen molar-refractivity contribution < 1.29 is 0 Å². The summed E-state index contributed by atoms with van der Waals surface area (Å²) in [6.45, 7) is 5.90. The van der Waals surface area contributed by atoms with Gasteiger partial charge in [0.2, 0.25) is 0 Å². The molecule has 0 amide bonds. The van der Waals surface area contributed by atoms with Crippen molar-refractivity contribution in [1.29, 1.82) is 0 Å². The van der Waals surface area contributed by atoms with Crippen LogP contribution in [0.3, 0.4) is 0 Å². The van der Waals surface area contributed by atoms with Gasteiger partial charge in [0.15, 0.2) is 5.96 Å². The van der Waals surface area contributed by atoms with Crippen LogP contribution in [0.1, 0.15) is 35.3 Å². The molecule has 4 nitrogen and oxygen atoms in total. The van der Waals surface area contributed by atoms with Crippen molar-refractivity contribution in [1.82, 2.24) is 15.6 Å². The first kappa shape index (κ1) is 17.4. The largest absolute Gasteiger partial charge is 0.356 e. The molecule has 0 atom stereocenters. The molecule has 2 aromatic heterocycles. The third-order valence-corrected chi connectivity index (χ3v) is 5.63. The average Bonchev–Trinajstić information content (AvgIpc) is 3.11. The van der Waals surface area contributed by atoms with Crippen molar-refractivity contribution in [2.24, 2.45) is 4.99 Å². The highest BCUT2D eigenvalue weighted by Gasteiger charge is 2.06. The second kappa shape index (κ2) is 8.64. The quantitative estimate of drug-likeness (QED) is 0.568. The number of halogens is 1. The van der Waals surface area contributed by atoms with E-state index in [1.165, 1.54) is 8.66 Å². The zero-order chi connectivity index (χ0) is 15.9. The maximum absolute atomic E-state index is 4.62. The minimum Gasteiger partial charge on any atom is -0.356 e. The van der Waals surface area contributed by atoms with Crippen molar-refractivity contribution >= 4 is 44.6 Å². The van der Waals surface area contributed by atoms with E-state index >= 15 is 0 Å². The molecule has 2 heterocycles. The Balaban J connectivity index is 1.74. The SMILES string of the molecule is CN=C(NCCc1ccc(Br)s1)NCc1nc(C(C)C)cs1. The Hall–Kier alpha value is -0.920. The molecule has 2 aromatic rings. The molecule has 0 saturated heterocycles. The summed E-state index contributed by atoms with van der Waals surface area (Å²) < 4.78 is 1.18. The van der Waals surface area contributed by atoms with Gasteiger partial charge in [-0.3, -0.25) is 4.99 Å². The van der Waals surface area contributed by atoms with Crippen LogP contribution in [0.15, 0.2) is 26.3 Å². The molecule has 0 saturated carbocycles. The van der Waals surface area contributed by atoms with E-state index in [0.29, 0.717) is 12.5 Å². The van der Waals surface area contributed by atoms with E-state index in [1.807, 2.05) is 0 Å². The fraction of sp³-hybridized carbons (Fsp3) is 0.467. The van der Waals surface area contributed by atoms with Gasteiger partial charge in [-0.2, -0.15) is 0 Å². The molecule has 0 bridgehead atoms. The van der Waals surface area contributed by atoms with Crippen LogP contribution < -0.4 is 10.6 Å². The van der Waals surface area contributed by atoms with E-state index in [1.54, 1.807) is 29.7 Å². The van der Waals surface area contributed by atoms with Gasteiger partial charge in [-0.25, -0.2) is 4.98 Å². The Labute approximate surface area is 148 Å². The lowest BCUT2D eigenvalue weighted by molar-refractivity contribution is 0.781. The fourth-order valence-corrected chi connectivity index (χ4v) is 4.22. The molecule has 0 unspecified atom stereocenters. The normalized spacial score (nSPS) is 12.0. The molecule has 0 aliphatic rings. The summed E-state index contributed by atoms with van der Waals surface area (Å²) in [5.74, 6) is 1.30. The lowest BCUT2D eigenvalue weighted by Gasteiger charge is -2.10. The molecular formula is C15H21BrN4S2. The van der Waals surface area contributed by atoms with Crippen LogP contribution in [0.5, 0.6) is 0 Å². The average molecular weight is 401 g/mol. The first-order chi connectivity index (χ1) is 10.6. The van der Waals surface area contributed by atoms with Crippen molar-refractivity contribution in [2.45, 2.75) is 32.7 Å². The Morgan fingerprint density at radius 3 is 2.77 bits per heavy atom. The Bertz CT molecular complexity index is 619. The molecule has 0 fully saturated rings. The van der Waals surface area contributed by atoms with E-state index in [2.05, 4.69) is 67.9 Å². The van der Waals surface area contributed by atoms with E-state index in [0.717, 1.165) is 29.6 Å². The first-order valence-corrected chi connectivity index (χ1v) is 9.70. The molecule has 120 valence electrons. The third-order valence-electron chi connectivity index (χ3n) is 3.08. The lowest BCUT2D eigenvalue weighted by atomic mass is 10.2. The molecule has 7 heteroatoms. The maximum Gasteiger partial charge on any atom is 0.191 e. The van der Waals surface area contributed by atoms with E-state index < -0.39 is 0 Å². The van der Waals surface area contributed by atoms with Gasteiger partial charge in [0.1, 0.15) is 5.01 Å². The number of thiophene rings is 1. The van der Waals surface area contributed by atoms with Crippen molar-refractivity contribution in [2.75, 3.05) is 13.6 Å². The predicted molar refractivity (Wildman–Crippen MR) is 100 cm³/mol. The molecule has 0 aromatic carbocycles. The third kappa shape index (κ3) is 5.37. The molecule has 0 spiro atoms. The van der Waals surface area contributed by atoms with Crippen molar-refractivity contribution in [3.05, 3.63) is 36.9 Å². The van der Waals surface area contributed by atoms with Gasteiger partial charge in [0.05, 0.1) is 16.0 Å². The van der Waals surface area contributed by atoms with Gasteiger partial charge in [-0.05, 0) is 40.4 Å². The van der Waals surface area contributed by atoms with Gasteiger partial charge in [0.25, 0.3) is 0 Å². The van der Waals surface area contributed by atoms with Crippen LogP contribution in [0, 0.1) is 0 Å². The Morgan fingerprint density at radius 1 is 1.36 bits per heavy atom. The summed E-state index contributed by atoms with van der Waals surface area (Å²) in [5.41, 5.74) is 1.16. The summed E-state index contributed by atoms with van der Waals surface area (Å²) in [6, 6.07) is 4.23. The zero-order valence-electron chi connectivity index (χ0n) is 13.0. The lowest BCUT2D eigenvalue weighted by Crippen LogP contribution is -2.37. The highest BCUT2D eigenvalue weighted by molar-refractivity contribution is 9.11. The van der Waals surface area contributed by atoms with Gasteiger partial charge < -0.3 is 10.6 Å².